The van der Waals surface area contributed by atoms with E-state index in [0.717, 1.165) is 29.2 Å². The Hall–Kier alpha value is -3.05. The number of aromatic nitrogens is 7. The molecule has 1 fully saturated rings. The predicted octanol–water partition coefficient (Wildman–Crippen LogP) is 2.49. The van der Waals surface area contributed by atoms with Crippen LogP contribution in [-0.4, -0.2) is 47.3 Å². The van der Waals surface area contributed by atoms with Gasteiger partial charge < -0.3 is 10.6 Å². The molecule has 2 unspecified atom stereocenters. The Balaban J connectivity index is 1.25. The Labute approximate surface area is 177 Å². The molecule has 0 amide bonds. The maximum Gasteiger partial charge on any atom is 0.211 e. The van der Waals surface area contributed by atoms with Crippen LogP contribution >= 0.6 is 25.3 Å². The van der Waals surface area contributed by atoms with Gasteiger partial charge in [0, 0.05) is 23.5 Å². The molecule has 4 aromatic rings. The molecule has 0 saturated heterocycles. The fraction of sp³-hybridized carbons (Fsp3) is 0.167. The van der Waals surface area contributed by atoms with Crippen LogP contribution in [0.15, 0.2) is 64.9 Å². The zero-order valence-electron chi connectivity index (χ0n) is 15.1. The van der Waals surface area contributed by atoms with Crippen molar-refractivity contribution in [2.24, 2.45) is 0 Å². The number of tetrazole rings is 1. The van der Waals surface area contributed by atoms with Crippen molar-refractivity contribution >= 4 is 36.6 Å². The van der Waals surface area contributed by atoms with Crippen molar-refractivity contribution in [3.8, 4) is 11.4 Å². The molecular formula is C18H17N9S2. The van der Waals surface area contributed by atoms with Gasteiger partial charge in [-0.05, 0) is 53.2 Å². The van der Waals surface area contributed by atoms with Crippen molar-refractivity contribution in [2.75, 3.05) is 10.6 Å². The lowest BCUT2D eigenvalue weighted by atomic mass is 10.2. The molecular weight excluding hydrogens is 406 g/mol. The third-order valence-corrected chi connectivity index (χ3v) is 5.24. The van der Waals surface area contributed by atoms with Crippen molar-refractivity contribution in [1.82, 2.24) is 35.2 Å². The molecule has 0 spiro atoms. The van der Waals surface area contributed by atoms with Crippen LogP contribution in [0.4, 0.5) is 11.4 Å². The topological polar surface area (TPSA) is 98.4 Å². The fourth-order valence-electron chi connectivity index (χ4n) is 3.16. The Morgan fingerprint density at radius 1 is 0.862 bits per heavy atom. The van der Waals surface area contributed by atoms with E-state index in [2.05, 4.69) is 61.7 Å². The van der Waals surface area contributed by atoms with Crippen LogP contribution in [0, 0.1) is 0 Å². The number of benzene rings is 2. The lowest BCUT2D eigenvalue weighted by Gasteiger charge is -2.11. The average Bonchev–Trinajstić information content (AvgIpc) is 3.09. The van der Waals surface area contributed by atoms with E-state index in [1.54, 1.807) is 15.6 Å². The summed E-state index contributed by atoms with van der Waals surface area (Å²) in [4.78, 5) is 0. The maximum atomic E-state index is 4.37. The van der Waals surface area contributed by atoms with Crippen LogP contribution < -0.4 is 10.6 Å². The SMILES string of the molecule is Sc1cnnn1-c1cccc(NC2CC2Nc2cccc(-n3nnnc3S)c2)c1. The Kier molecular flexibility index (Phi) is 4.60. The Bertz CT molecular complexity index is 1070. The summed E-state index contributed by atoms with van der Waals surface area (Å²) in [5.74, 6) is 0. The first-order valence-corrected chi connectivity index (χ1v) is 9.88. The van der Waals surface area contributed by atoms with Gasteiger partial charge in [-0.3, -0.25) is 0 Å². The highest BCUT2D eigenvalue weighted by atomic mass is 32.1. The molecule has 1 aliphatic carbocycles. The van der Waals surface area contributed by atoms with Crippen LogP contribution in [0.3, 0.4) is 0 Å². The molecule has 0 radical (unpaired) electrons. The van der Waals surface area contributed by atoms with E-state index in [-0.39, 0.29) is 0 Å². The normalized spacial score (nSPS) is 17.9. The molecule has 9 nitrogen and oxygen atoms in total. The standard InChI is InChI=1S/C18H17N9S2/c28-17-10-19-24-26(17)13-5-1-3-11(7-13)20-15-9-16(15)21-12-4-2-6-14(8-12)27-18(29)22-23-25-27/h1-8,10,15-16,20-21,28H,9H2,(H,22,25,29). The van der Waals surface area contributed by atoms with Gasteiger partial charge in [-0.15, -0.1) is 35.5 Å². The highest BCUT2D eigenvalue weighted by Gasteiger charge is 2.37. The lowest BCUT2D eigenvalue weighted by molar-refractivity contribution is 0.758. The van der Waals surface area contributed by atoms with Crippen LogP contribution in [0.25, 0.3) is 11.4 Å². The van der Waals surface area contributed by atoms with Crippen LogP contribution in [0.1, 0.15) is 6.42 Å². The summed E-state index contributed by atoms with van der Waals surface area (Å²) in [6.07, 6.45) is 2.64. The fourth-order valence-corrected chi connectivity index (χ4v) is 3.56. The first-order valence-electron chi connectivity index (χ1n) is 8.98. The van der Waals surface area contributed by atoms with Crippen LogP contribution in [-0.2, 0) is 0 Å². The second kappa shape index (κ2) is 7.41. The summed E-state index contributed by atoms with van der Waals surface area (Å²) in [6, 6.07) is 16.7. The van der Waals surface area contributed by atoms with Crippen molar-refractivity contribution in [3.63, 3.8) is 0 Å². The third-order valence-electron chi connectivity index (χ3n) is 4.66. The number of thiol groups is 2. The highest BCUT2D eigenvalue weighted by molar-refractivity contribution is 7.80. The lowest BCUT2D eigenvalue weighted by Crippen LogP contribution is -2.14. The number of hydrogen-bond acceptors (Lipinski definition) is 9. The van der Waals surface area contributed by atoms with Gasteiger partial charge in [-0.2, -0.15) is 4.68 Å². The zero-order chi connectivity index (χ0) is 19.8. The van der Waals surface area contributed by atoms with E-state index < -0.39 is 0 Å². The smallest absolute Gasteiger partial charge is 0.211 e. The van der Waals surface area contributed by atoms with Crippen molar-refractivity contribution < 1.29 is 0 Å². The summed E-state index contributed by atoms with van der Waals surface area (Å²) in [5, 5.41) is 27.6. The summed E-state index contributed by atoms with van der Waals surface area (Å²) in [7, 11) is 0. The molecule has 1 aliphatic rings. The number of anilines is 2. The first-order chi connectivity index (χ1) is 14.2. The number of nitrogens with zero attached hydrogens (tertiary/aromatic N) is 7. The summed E-state index contributed by atoms with van der Waals surface area (Å²) < 4.78 is 3.28. The van der Waals surface area contributed by atoms with E-state index in [0.29, 0.717) is 22.3 Å². The molecule has 0 bridgehead atoms. The summed E-state index contributed by atoms with van der Waals surface area (Å²) in [6.45, 7) is 0. The van der Waals surface area contributed by atoms with Crippen molar-refractivity contribution in [2.45, 2.75) is 28.7 Å². The van der Waals surface area contributed by atoms with Gasteiger partial charge in [-0.1, -0.05) is 17.3 Å². The summed E-state index contributed by atoms with van der Waals surface area (Å²) >= 11 is 8.64. The minimum absolute atomic E-state index is 0.338. The molecule has 2 aromatic heterocycles. The quantitative estimate of drug-likeness (QED) is 0.354. The molecule has 146 valence electrons. The van der Waals surface area contributed by atoms with E-state index >= 15 is 0 Å². The average molecular weight is 424 g/mol. The molecule has 29 heavy (non-hydrogen) atoms. The Morgan fingerprint density at radius 3 is 2.07 bits per heavy atom. The molecule has 2 atom stereocenters. The Morgan fingerprint density at radius 2 is 1.52 bits per heavy atom. The monoisotopic (exact) mass is 423 g/mol. The van der Waals surface area contributed by atoms with Gasteiger partial charge >= 0.3 is 0 Å². The molecule has 0 aliphatic heterocycles. The molecule has 5 rings (SSSR count). The van der Waals surface area contributed by atoms with E-state index in [9.17, 15) is 0 Å². The van der Waals surface area contributed by atoms with Gasteiger partial charge in [0.25, 0.3) is 0 Å². The second-order valence-corrected chi connectivity index (χ2v) is 7.59. The molecule has 1 saturated carbocycles. The molecule has 2 heterocycles. The number of rotatable bonds is 6. The van der Waals surface area contributed by atoms with Gasteiger partial charge in [0.05, 0.1) is 17.6 Å². The minimum Gasteiger partial charge on any atom is -0.380 e. The predicted molar refractivity (Wildman–Crippen MR) is 114 cm³/mol. The largest absolute Gasteiger partial charge is 0.380 e. The second-order valence-electron chi connectivity index (χ2n) is 6.73. The maximum absolute atomic E-state index is 4.37. The third kappa shape index (κ3) is 3.78. The van der Waals surface area contributed by atoms with Crippen molar-refractivity contribution in [1.29, 1.82) is 0 Å². The van der Waals surface area contributed by atoms with Gasteiger partial charge in [0.1, 0.15) is 5.03 Å². The van der Waals surface area contributed by atoms with E-state index in [1.165, 1.54) is 0 Å². The van der Waals surface area contributed by atoms with Crippen LogP contribution in [0.2, 0.25) is 0 Å². The van der Waals surface area contributed by atoms with Crippen molar-refractivity contribution in [3.05, 3.63) is 54.7 Å². The van der Waals surface area contributed by atoms with Gasteiger partial charge in [0.2, 0.25) is 5.16 Å². The first kappa shape index (κ1) is 18.0. The molecule has 11 heteroatoms. The van der Waals surface area contributed by atoms with E-state index in [1.807, 2.05) is 48.5 Å². The number of nitrogens with one attached hydrogen (secondary N) is 2. The van der Waals surface area contributed by atoms with Gasteiger partial charge in [-0.25, -0.2) is 4.68 Å². The molecule has 2 N–H and O–H groups in total. The van der Waals surface area contributed by atoms with E-state index in [4.69, 9.17) is 0 Å². The highest BCUT2D eigenvalue weighted by Crippen LogP contribution is 2.31. The zero-order valence-corrected chi connectivity index (χ0v) is 16.9. The van der Waals surface area contributed by atoms with Crippen LogP contribution in [0.5, 0.6) is 0 Å². The number of hydrogen-bond donors (Lipinski definition) is 4. The molecule has 2 aromatic carbocycles. The minimum atomic E-state index is 0.338. The summed E-state index contributed by atoms with van der Waals surface area (Å²) in [5.41, 5.74) is 3.82. The van der Waals surface area contributed by atoms with Gasteiger partial charge in [0.15, 0.2) is 0 Å².